The molecule has 1 aromatic rings. The van der Waals surface area contributed by atoms with Crippen molar-refractivity contribution in [2.75, 3.05) is 6.54 Å². The fourth-order valence-electron chi connectivity index (χ4n) is 3.85. The zero-order chi connectivity index (χ0) is 12.7. The van der Waals surface area contributed by atoms with Crippen molar-refractivity contribution < 1.29 is 0 Å². The lowest BCUT2D eigenvalue weighted by Crippen LogP contribution is -2.25. The average molecular weight is 259 g/mol. The first-order valence-corrected chi connectivity index (χ1v) is 8.20. The van der Waals surface area contributed by atoms with Crippen molar-refractivity contribution in [1.29, 1.82) is 0 Å². The van der Waals surface area contributed by atoms with Crippen LogP contribution in [0.1, 0.15) is 68.1 Å². The molecule has 0 saturated heterocycles. The van der Waals surface area contributed by atoms with E-state index in [1.807, 2.05) is 0 Å². The Kier molecular flexibility index (Phi) is 3.10. The zero-order valence-electron chi connectivity index (χ0n) is 11.8. The summed E-state index contributed by atoms with van der Waals surface area (Å²) in [6.07, 6.45) is 11.1. The highest BCUT2D eigenvalue weighted by atomic mass is 15.1. The van der Waals surface area contributed by atoms with Crippen molar-refractivity contribution in [2.45, 2.75) is 70.4 Å². The van der Waals surface area contributed by atoms with Crippen LogP contribution < -0.4 is 5.32 Å². The summed E-state index contributed by atoms with van der Waals surface area (Å²) in [5.74, 6) is 3.22. The molecule has 0 atom stereocenters. The Labute approximate surface area is 115 Å². The number of nitrogens with one attached hydrogen (secondary N) is 1. The molecule has 2 saturated carbocycles. The second-order valence-corrected chi connectivity index (χ2v) is 6.66. The van der Waals surface area contributed by atoms with Crippen LogP contribution in [0.2, 0.25) is 0 Å². The first kappa shape index (κ1) is 12.0. The number of nitrogens with zero attached hydrogens (tertiary/aromatic N) is 2. The Morgan fingerprint density at radius 2 is 2.00 bits per heavy atom. The van der Waals surface area contributed by atoms with E-state index in [4.69, 9.17) is 4.98 Å². The predicted octanol–water partition coefficient (Wildman–Crippen LogP) is 2.99. The maximum absolute atomic E-state index is 5.03. The summed E-state index contributed by atoms with van der Waals surface area (Å²) in [4.78, 5) is 5.03. The van der Waals surface area contributed by atoms with Gasteiger partial charge in [-0.25, -0.2) is 4.98 Å². The minimum atomic E-state index is 0.754. The van der Waals surface area contributed by atoms with Gasteiger partial charge in [-0.2, -0.15) is 0 Å². The minimum Gasteiger partial charge on any atom is -0.331 e. The van der Waals surface area contributed by atoms with Crippen LogP contribution in [-0.4, -0.2) is 16.1 Å². The largest absolute Gasteiger partial charge is 0.331 e. The third-order valence-electron chi connectivity index (χ3n) is 5.19. The summed E-state index contributed by atoms with van der Waals surface area (Å²) in [7, 11) is 0. The van der Waals surface area contributed by atoms with Crippen molar-refractivity contribution in [3.05, 3.63) is 17.2 Å². The second-order valence-electron chi connectivity index (χ2n) is 6.66. The highest BCUT2D eigenvalue weighted by Gasteiger charge is 2.28. The molecule has 3 heteroatoms. The summed E-state index contributed by atoms with van der Waals surface area (Å²) in [6, 6.07) is 0. The van der Waals surface area contributed by atoms with E-state index in [-0.39, 0.29) is 0 Å². The maximum Gasteiger partial charge on any atom is 0.112 e. The highest BCUT2D eigenvalue weighted by molar-refractivity contribution is 5.22. The first-order valence-electron chi connectivity index (χ1n) is 8.20. The van der Waals surface area contributed by atoms with Crippen LogP contribution in [0.4, 0.5) is 0 Å². The third kappa shape index (κ3) is 2.33. The molecule has 2 aliphatic carbocycles. The van der Waals surface area contributed by atoms with E-state index in [9.17, 15) is 0 Å². The van der Waals surface area contributed by atoms with Gasteiger partial charge >= 0.3 is 0 Å². The van der Waals surface area contributed by atoms with Gasteiger partial charge in [0.15, 0.2) is 0 Å². The number of imidazole rings is 1. The molecule has 4 rings (SSSR count). The van der Waals surface area contributed by atoms with E-state index in [0.717, 1.165) is 24.9 Å². The predicted molar refractivity (Wildman–Crippen MR) is 76.2 cm³/mol. The van der Waals surface area contributed by atoms with Gasteiger partial charge in [-0.15, -0.1) is 0 Å². The molecule has 0 aromatic carbocycles. The van der Waals surface area contributed by atoms with Gasteiger partial charge in [0.2, 0.25) is 0 Å². The topological polar surface area (TPSA) is 29.9 Å². The summed E-state index contributed by atoms with van der Waals surface area (Å²) >= 11 is 0. The normalized spacial score (nSPS) is 23.8. The Morgan fingerprint density at radius 3 is 2.79 bits per heavy atom. The quantitative estimate of drug-likeness (QED) is 0.901. The fraction of sp³-hybridized carbons (Fsp3) is 0.812. The molecular formula is C16H25N3. The van der Waals surface area contributed by atoms with Crippen LogP contribution in [0.15, 0.2) is 0 Å². The average Bonchev–Trinajstić information content (AvgIpc) is 2.99. The van der Waals surface area contributed by atoms with Gasteiger partial charge in [0.25, 0.3) is 0 Å². The highest BCUT2D eigenvalue weighted by Crippen LogP contribution is 2.37. The smallest absolute Gasteiger partial charge is 0.112 e. The van der Waals surface area contributed by atoms with Crippen LogP contribution in [0, 0.1) is 5.92 Å². The summed E-state index contributed by atoms with van der Waals surface area (Å²) in [5.41, 5.74) is 2.91. The fourth-order valence-corrected chi connectivity index (χ4v) is 3.85. The summed E-state index contributed by atoms with van der Waals surface area (Å²) in [5, 5.41) is 3.47. The molecule has 2 heterocycles. The van der Waals surface area contributed by atoms with Crippen molar-refractivity contribution in [1.82, 2.24) is 14.9 Å². The van der Waals surface area contributed by atoms with E-state index in [1.165, 1.54) is 69.4 Å². The van der Waals surface area contributed by atoms with Crippen molar-refractivity contribution >= 4 is 0 Å². The molecule has 2 fully saturated rings. The first-order chi connectivity index (χ1) is 9.42. The molecule has 104 valence electrons. The van der Waals surface area contributed by atoms with Gasteiger partial charge in [0.05, 0.1) is 5.69 Å². The van der Waals surface area contributed by atoms with Gasteiger partial charge in [0.1, 0.15) is 5.82 Å². The molecule has 0 unspecified atom stereocenters. The van der Waals surface area contributed by atoms with Crippen LogP contribution in [0.25, 0.3) is 0 Å². The molecule has 19 heavy (non-hydrogen) atoms. The van der Waals surface area contributed by atoms with E-state index < -0.39 is 0 Å². The van der Waals surface area contributed by atoms with E-state index in [1.54, 1.807) is 5.69 Å². The standard InChI is InChI=1S/C16H25N3/c1-2-4-13(3-1)16-18-14-11-17-9-7-15(14)19(16)10-8-12-5-6-12/h12-13,17H,1-11H2. The maximum atomic E-state index is 5.03. The van der Waals surface area contributed by atoms with E-state index in [2.05, 4.69) is 9.88 Å². The Morgan fingerprint density at radius 1 is 1.16 bits per heavy atom. The van der Waals surface area contributed by atoms with Crippen LogP contribution >= 0.6 is 0 Å². The molecule has 0 bridgehead atoms. The Hall–Kier alpha value is -0.830. The van der Waals surface area contributed by atoms with Crippen LogP contribution in [0.5, 0.6) is 0 Å². The Balaban J connectivity index is 1.63. The minimum absolute atomic E-state index is 0.754. The number of hydrogen-bond acceptors (Lipinski definition) is 2. The van der Waals surface area contributed by atoms with Crippen LogP contribution in [0.3, 0.4) is 0 Å². The summed E-state index contributed by atoms with van der Waals surface area (Å²) in [6.45, 7) is 3.36. The number of hydrogen-bond donors (Lipinski definition) is 1. The van der Waals surface area contributed by atoms with Crippen molar-refractivity contribution in [3.8, 4) is 0 Å². The van der Waals surface area contributed by atoms with Crippen molar-refractivity contribution in [3.63, 3.8) is 0 Å². The SMILES string of the molecule is C1CCC(c2nc3c(n2CCC2CC2)CCNC3)C1. The molecule has 1 N–H and O–H groups in total. The zero-order valence-corrected chi connectivity index (χ0v) is 11.8. The molecule has 0 spiro atoms. The molecule has 1 aliphatic heterocycles. The lowest BCUT2D eigenvalue weighted by atomic mass is 10.1. The van der Waals surface area contributed by atoms with E-state index >= 15 is 0 Å². The Bertz CT molecular complexity index is 453. The molecule has 0 amide bonds. The summed E-state index contributed by atoms with van der Waals surface area (Å²) < 4.78 is 2.63. The lowest BCUT2D eigenvalue weighted by Gasteiger charge is -2.17. The van der Waals surface area contributed by atoms with Gasteiger partial charge in [0, 0.05) is 37.7 Å². The third-order valence-corrected chi connectivity index (χ3v) is 5.19. The molecular weight excluding hydrogens is 234 g/mol. The van der Waals surface area contributed by atoms with Crippen LogP contribution in [-0.2, 0) is 19.5 Å². The molecule has 0 radical (unpaired) electrons. The molecule has 1 aromatic heterocycles. The van der Waals surface area contributed by atoms with Gasteiger partial charge < -0.3 is 9.88 Å². The van der Waals surface area contributed by atoms with Crippen molar-refractivity contribution in [2.24, 2.45) is 5.92 Å². The van der Waals surface area contributed by atoms with Gasteiger partial charge in [-0.05, 0) is 25.2 Å². The van der Waals surface area contributed by atoms with Gasteiger partial charge in [-0.3, -0.25) is 0 Å². The molecule has 3 nitrogen and oxygen atoms in total. The number of rotatable bonds is 4. The number of fused-ring (bicyclic) bond motifs is 1. The second kappa shape index (κ2) is 4.93. The van der Waals surface area contributed by atoms with E-state index in [0.29, 0.717) is 0 Å². The lowest BCUT2D eigenvalue weighted by molar-refractivity contribution is 0.517. The number of aromatic nitrogens is 2. The molecule has 3 aliphatic rings. The van der Waals surface area contributed by atoms with Gasteiger partial charge in [-0.1, -0.05) is 25.7 Å². The monoisotopic (exact) mass is 259 g/mol.